The highest BCUT2D eigenvalue weighted by Gasteiger charge is 2.88. The zero-order valence-electron chi connectivity index (χ0n) is 17.6. The monoisotopic (exact) mass is 409 g/mol. The second-order valence-electron chi connectivity index (χ2n) is 10.9. The van der Waals surface area contributed by atoms with Crippen LogP contribution in [0.1, 0.15) is 39.0 Å². The molecule has 7 bridgehead atoms. The summed E-state index contributed by atoms with van der Waals surface area (Å²) in [4.78, 5) is 2.30. The summed E-state index contributed by atoms with van der Waals surface area (Å²) in [5.41, 5.74) is -4.25. The summed E-state index contributed by atoms with van der Waals surface area (Å²) >= 11 is 0. The van der Waals surface area contributed by atoms with Crippen LogP contribution >= 0.6 is 0 Å². The zero-order chi connectivity index (χ0) is 20.6. The quantitative estimate of drug-likeness (QED) is 0.510. The van der Waals surface area contributed by atoms with E-state index in [1.54, 1.807) is 14.2 Å². The molecule has 6 rings (SSSR count). The molecule has 7 heteroatoms. The van der Waals surface area contributed by atoms with Gasteiger partial charge in [0.25, 0.3) is 0 Å². The number of methoxy groups -OCH3 is 2. The second-order valence-corrected chi connectivity index (χ2v) is 10.9. The van der Waals surface area contributed by atoms with Gasteiger partial charge in [0.2, 0.25) is 0 Å². The van der Waals surface area contributed by atoms with Gasteiger partial charge in [0.1, 0.15) is 11.2 Å². The fraction of sp³-hybridized carbons (Fsp3) is 1.00. The number of rotatable bonds is 3. The number of aliphatic hydroxyl groups is 4. The van der Waals surface area contributed by atoms with Gasteiger partial charge in [-0.25, -0.2) is 0 Å². The van der Waals surface area contributed by atoms with Crippen molar-refractivity contribution < 1.29 is 29.9 Å². The van der Waals surface area contributed by atoms with Crippen LogP contribution in [0.3, 0.4) is 0 Å². The number of likely N-dealkylation sites (tertiary alicyclic amines) is 1. The van der Waals surface area contributed by atoms with Gasteiger partial charge in [0.05, 0.1) is 23.9 Å². The standard InChI is InChI=1S/C22H35NO6/c1-4-23-10-19(25)6-5-16(24)21-14(19)8-12(17(21)23)20(26)9-13(28-2)11-7-15(21)22(20,27)18(11)29-3/h11-18,24-27H,4-10H2,1-3H3/t11-,12?,13+,14?,15?,16?,17?,18+,19-,20+,21+,22+/m1/s1. The molecule has 1 aliphatic heterocycles. The van der Waals surface area contributed by atoms with Crippen molar-refractivity contribution in [3.63, 3.8) is 0 Å². The topological polar surface area (TPSA) is 103 Å². The van der Waals surface area contributed by atoms with Crippen molar-refractivity contribution in [3.8, 4) is 0 Å². The summed E-state index contributed by atoms with van der Waals surface area (Å²) in [6.45, 7) is 3.45. The molecule has 29 heavy (non-hydrogen) atoms. The lowest BCUT2D eigenvalue weighted by atomic mass is 9.44. The van der Waals surface area contributed by atoms with E-state index in [4.69, 9.17) is 9.47 Å². The number of ether oxygens (including phenoxy) is 2. The summed E-state index contributed by atoms with van der Waals surface area (Å²) in [6.07, 6.45) is 1.52. The lowest BCUT2D eigenvalue weighted by Gasteiger charge is -2.70. The molecule has 12 atom stereocenters. The molecule has 6 fully saturated rings. The molecule has 1 spiro atoms. The van der Waals surface area contributed by atoms with E-state index < -0.39 is 34.4 Å². The van der Waals surface area contributed by atoms with Crippen LogP contribution in [0.2, 0.25) is 0 Å². The highest BCUT2D eigenvalue weighted by atomic mass is 16.5. The third-order valence-electron chi connectivity index (χ3n) is 10.7. The second kappa shape index (κ2) is 5.55. The van der Waals surface area contributed by atoms with E-state index in [0.29, 0.717) is 38.6 Å². The molecule has 1 heterocycles. The normalized spacial score (nSPS) is 65.1. The fourth-order valence-electron chi connectivity index (χ4n) is 9.99. The third kappa shape index (κ3) is 1.74. The van der Waals surface area contributed by atoms with Gasteiger partial charge in [-0.3, -0.25) is 4.90 Å². The van der Waals surface area contributed by atoms with Crippen LogP contribution in [0.4, 0.5) is 0 Å². The highest BCUT2D eigenvalue weighted by Crippen LogP contribution is 2.78. The van der Waals surface area contributed by atoms with Gasteiger partial charge in [0.15, 0.2) is 0 Å². The lowest BCUT2D eigenvalue weighted by Crippen LogP contribution is -2.82. The first-order chi connectivity index (χ1) is 13.7. The molecule has 0 aromatic rings. The maximum atomic E-state index is 12.3. The third-order valence-corrected chi connectivity index (χ3v) is 10.7. The number of hydrogen-bond acceptors (Lipinski definition) is 7. The molecule has 0 aromatic heterocycles. The molecule has 7 nitrogen and oxygen atoms in total. The number of nitrogens with zero attached hydrogens (tertiary/aromatic N) is 1. The Morgan fingerprint density at radius 3 is 2.48 bits per heavy atom. The van der Waals surface area contributed by atoms with Crippen molar-refractivity contribution in [2.45, 2.75) is 80.2 Å². The van der Waals surface area contributed by atoms with Crippen LogP contribution in [0.5, 0.6) is 0 Å². The Labute approximate surface area is 172 Å². The Bertz CT molecular complexity index is 736. The molecule has 5 aliphatic carbocycles. The lowest BCUT2D eigenvalue weighted by molar-refractivity contribution is -0.336. The number of aliphatic hydroxyl groups excluding tert-OH is 1. The van der Waals surface area contributed by atoms with Crippen LogP contribution in [0.25, 0.3) is 0 Å². The SMILES string of the molecule is CCN1C[C@]2(O)CCC(O)[C@]34C1C(CC23)[C@@]1(O)C[C@H](OC)[C@H]2CC4[C@]1(O)[C@H]2OC. The summed E-state index contributed by atoms with van der Waals surface area (Å²) in [5, 5.41) is 47.9. The Hall–Kier alpha value is -0.280. The summed E-state index contributed by atoms with van der Waals surface area (Å²) < 4.78 is 11.7. The van der Waals surface area contributed by atoms with Crippen molar-refractivity contribution in [1.82, 2.24) is 4.90 Å². The van der Waals surface area contributed by atoms with Gasteiger partial charge in [-0.15, -0.1) is 0 Å². The highest BCUT2D eigenvalue weighted by molar-refractivity contribution is 5.38. The van der Waals surface area contributed by atoms with Gasteiger partial charge >= 0.3 is 0 Å². The first-order valence-electron chi connectivity index (χ1n) is 11.4. The van der Waals surface area contributed by atoms with Crippen LogP contribution in [0.15, 0.2) is 0 Å². The molecule has 5 unspecified atom stereocenters. The molecule has 4 N–H and O–H groups in total. The predicted octanol–water partition coefficient (Wildman–Crippen LogP) is -0.256. The Kier molecular flexibility index (Phi) is 3.71. The van der Waals surface area contributed by atoms with Crippen molar-refractivity contribution in [2.75, 3.05) is 27.3 Å². The minimum absolute atomic E-state index is 0.0213. The maximum absolute atomic E-state index is 12.3. The molecule has 0 aromatic carbocycles. The molecule has 0 radical (unpaired) electrons. The first-order valence-corrected chi connectivity index (χ1v) is 11.4. The minimum atomic E-state index is -1.42. The van der Waals surface area contributed by atoms with E-state index in [1.165, 1.54) is 0 Å². The van der Waals surface area contributed by atoms with Crippen LogP contribution in [0, 0.1) is 29.1 Å². The first kappa shape index (κ1) is 19.4. The molecular weight excluding hydrogens is 374 g/mol. The summed E-state index contributed by atoms with van der Waals surface area (Å²) in [5.74, 6) is -0.658. The number of fused-ring (bicyclic) bond motifs is 2. The van der Waals surface area contributed by atoms with Crippen molar-refractivity contribution in [2.24, 2.45) is 29.1 Å². The summed E-state index contributed by atoms with van der Waals surface area (Å²) in [6, 6.07) is -0.0322. The van der Waals surface area contributed by atoms with Crippen molar-refractivity contribution in [1.29, 1.82) is 0 Å². The average Bonchev–Trinajstić information content (AvgIpc) is 3.13. The number of piperidine rings is 1. The average molecular weight is 410 g/mol. The minimum Gasteiger partial charge on any atom is -0.392 e. The van der Waals surface area contributed by atoms with Crippen LogP contribution in [-0.4, -0.2) is 93.8 Å². The van der Waals surface area contributed by atoms with Gasteiger partial charge in [-0.05, 0) is 38.1 Å². The van der Waals surface area contributed by atoms with E-state index in [-0.39, 0.29) is 35.8 Å². The number of β-amino-alcohol motifs (C(OH)–C–C–N with tert-alkyl or cyclic N) is 1. The number of hydrogen-bond donors (Lipinski definition) is 4. The van der Waals surface area contributed by atoms with Gasteiger partial charge in [-0.2, -0.15) is 0 Å². The van der Waals surface area contributed by atoms with Gasteiger partial charge in [-0.1, -0.05) is 6.92 Å². The van der Waals surface area contributed by atoms with Crippen molar-refractivity contribution in [3.05, 3.63) is 0 Å². The maximum Gasteiger partial charge on any atom is 0.124 e. The molecule has 6 aliphatic rings. The zero-order valence-corrected chi connectivity index (χ0v) is 17.6. The predicted molar refractivity (Wildman–Crippen MR) is 103 cm³/mol. The molecule has 0 amide bonds. The molecular formula is C22H35NO6. The van der Waals surface area contributed by atoms with Crippen LogP contribution in [-0.2, 0) is 9.47 Å². The van der Waals surface area contributed by atoms with Gasteiger partial charge in [0, 0.05) is 56.4 Å². The van der Waals surface area contributed by atoms with E-state index in [9.17, 15) is 20.4 Å². The van der Waals surface area contributed by atoms with E-state index in [2.05, 4.69) is 11.8 Å². The summed E-state index contributed by atoms with van der Waals surface area (Å²) in [7, 11) is 3.28. The van der Waals surface area contributed by atoms with E-state index in [1.807, 2.05) is 0 Å². The molecule has 1 saturated heterocycles. The Morgan fingerprint density at radius 1 is 1.07 bits per heavy atom. The Morgan fingerprint density at radius 2 is 1.83 bits per heavy atom. The van der Waals surface area contributed by atoms with E-state index in [0.717, 1.165) is 6.54 Å². The number of likely N-dealkylation sites (N-methyl/N-ethyl adjacent to an activating group) is 1. The smallest absolute Gasteiger partial charge is 0.124 e. The largest absolute Gasteiger partial charge is 0.392 e. The Balaban J connectivity index is 1.63. The molecule has 164 valence electrons. The molecule has 5 saturated carbocycles. The van der Waals surface area contributed by atoms with Crippen LogP contribution < -0.4 is 0 Å². The van der Waals surface area contributed by atoms with Crippen molar-refractivity contribution >= 4 is 0 Å². The van der Waals surface area contributed by atoms with E-state index >= 15 is 0 Å². The van der Waals surface area contributed by atoms with Gasteiger partial charge < -0.3 is 29.9 Å². The fourth-order valence-corrected chi connectivity index (χ4v) is 9.99.